The van der Waals surface area contributed by atoms with Gasteiger partial charge in [0, 0.05) is 30.7 Å². The van der Waals surface area contributed by atoms with Crippen LogP contribution in [-0.4, -0.2) is 16.6 Å². The lowest BCUT2D eigenvalue weighted by atomic mass is 10.2. The van der Waals surface area contributed by atoms with E-state index in [0.717, 1.165) is 11.3 Å². The van der Waals surface area contributed by atoms with Gasteiger partial charge in [0.2, 0.25) is 11.6 Å². The fraction of sp³-hybridized carbons (Fsp3) is 0.150. The highest BCUT2D eigenvalue weighted by Gasteiger charge is 2.24. The van der Waals surface area contributed by atoms with Gasteiger partial charge in [0.1, 0.15) is 0 Å². The van der Waals surface area contributed by atoms with E-state index in [9.17, 15) is 22.4 Å². The third-order valence-electron chi connectivity index (χ3n) is 4.04. The van der Waals surface area contributed by atoms with Crippen molar-refractivity contribution in [2.24, 2.45) is 0 Å². The maximum Gasteiger partial charge on any atom is 0.261 e. The first-order chi connectivity index (χ1) is 13.4. The molecule has 1 atom stereocenters. The third kappa shape index (κ3) is 4.16. The number of rotatable bonds is 6. The van der Waals surface area contributed by atoms with Gasteiger partial charge in [0.15, 0.2) is 23.5 Å². The van der Waals surface area contributed by atoms with E-state index in [-0.39, 0.29) is 12.6 Å². The summed E-state index contributed by atoms with van der Waals surface area (Å²) in [6, 6.07) is 11.2. The quantitative estimate of drug-likeness (QED) is 0.507. The van der Waals surface area contributed by atoms with Crippen LogP contribution in [0.3, 0.4) is 0 Å². The van der Waals surface area contributed by atoms with Crippen molar-refractivity contribution in [3.8, 4) is 11.4 Å². The van der Waals surface area contributed by atoms with Crippen LogP contribution in [0.2, 0.25) is 0 Å². The SMILES string of the molecule is C[C@@H](Oc1c(F)c(F)cc(F)c1F)C(=O)NCc1ccc(-n2cccc2)cc1. The van der Waals surface area contributed by atoms with Crippen molar-refractivity contribution < 1.29 is 27.1 Å². The van der Waals surface area contributed by atoms with E-state index in [1.54, 1.807) is 0 Å². The third-order valence-corrected chi connectivity index (χ3v) is 4.04. The average molecular weight is 392 g/mol. The van der Waals surface area contributed by atoms with E-state index in [2.05, 4.69) is 5.32 Å². The molecule has 3 aromatic rings. The zero-order chi connectivity index (χ0) is 20.3. The molecule has 0 fully saturated rings. The maximum absolute atomic E-state index is 13.6. The van der Waals surface area contributed by atoms with Crippen molar-refractivity contribution >= 4 is 5.91 Å². The van der Waals surface area contributed by atoms with Gasteiger partial charge in [0.05, 0.1) is 0 Å². The normalized spacial score (nSPS) is 11.9. The van der Waals surface area contributed by atoms with Gasteiger partial charge in [-0.05, 0) is 36.8 Å². The van der Waals surface area contributed by atoms with Crippen molar-refractivity contribution in [2.45, 2.75) is 19.6 Å². The summed E-state index contributed by atoms with van der Waals surface area (Å²) in [6.07, 6.45) is 2.41. The lowest BCUT2D eigenvalue weighted by Gasteiger charge is -2.16. The number of benzene rings is 2. The zero-order valence-corrected chi connectivity index (χ0v) is 14.8. The molecule has 0 aliphatic heterocycles. The van der Waals surface area contributed by atoms with Crippen molar-refractivity contribution in [2.75, 3.05) is 0 Å². The fourth-order valence-corrected chi connectivity index (χ4v) is 2.51. The van der Waals surface area contributed by atoms with Crippen molar-refractivity contribution in [3.63, 3.8) is 0 Å². The molecular formula is C20H16F4N2O2. The summed E-state index contributed by atoms with van der Waals surface area (Å²) < 4.78 is 60.4. The second kappa shape index (κ2) is 8.16. The molecule has 3 rings (SSSR count). The molecule has 2 aromatic carbocycles. The van der Waals surface area contributed by atoms with Gasteiger partial charge in [-0.1, -0.05) is 12.1 Å². The molecule has 4 nitrogen and oxygen atoms in total. The highest BCUT2D eigenvalue weighted by atomic mass is 19.2. The van der Waals surface area contributed by atoms with E-state index in [1.165, 1.54) is 6.92 Å². The number of amides is 1. The molecule has 0 bridgehead atoms. The summed E-state index contributed by atoms with van der Waals surface area (Å²) in [5.74, 6) is -8.57. The summed E-state index contributed by atoms with van der Waals surface area (Å²) in [5, 5.41) is 2.54. The molecule has 0 saturated carbocycles. The van der Waals surface area contributed by atoms with E-state index < -0.39 is 41.0 Å². The minimum absolute atomic E-state index is 0.0691. The molecule has 28 heavy (non-hydrogen) atoms. The molecule has 1 N–H and O–H groups in total. The number of halogens is 4. The highest BCUT2D eigenvalue weighted by molar-refractivity contribution is 5.80. The standard InChI is InChI=1S/C20H16F4N2O2/c1-12(28-19-17(23)15(21)10-16(22)18(19)24)20(27)25-11-13-4-6-14(7-5-13)26-8-2-3-9-26/h2-10,12H,11H2,1H3,(H,25,27)/t12-/m1/s1. The average Bonchev–Trinajstić information content (AvgIpc) is 3.23. The first-order valence-corrected chi connectivity index (χ1v) is 8.36. The van der Waals surface area contributed by atoms with Gasteiger partial charge < -0.3 is 14.6 Å². The Morgan fingerprint density at radius 3 is 2.18 bits per heavy atom. The Labute approximate surface area is 158 Å². The van der Waals surface area contributed by atoms with Gasteiger partial charge in [-0.25, -0.2) is 8.78 Å². The van der Waals surface area contributed by atoms with Crippen LogP contribution in [0.4, 0.5) is 17.6 Å². The lowest BCUT2D eigenvalue weighted by molar-refractivity contribution is -0.127. The minimum Gasteiger partial charge on any atom is -0.475 e. The Bertz CT molecular complexity index is 947. The summed E-state index contributed by atoms with van der Waals surface area (Å²) in [6.45, 7) is 1.35. The first kappa shape index (κ1) is 19.5. The minimum atomic E-state index is -1.70. The summed E-state index contributed by atoms with van der Waals surface area (Å²) in [7, 11) is 0. The topological polar surface area (TPSA) is 43.3 Å². The van der Waals surface area contributed by atoms with Gasteiger partial charge in [-0.3, -0.25) is 4.79 Å². The van der Waals surface area contributed by atoms with E-state index in [0.29, 0.717) is 0 Å². The van der Waals surface area contributed by atoms with Crippen LogP contribution in [0.15, 0.2) is 54.9 Å². The monoisotopic (exact) mass is 392 g/mol. The predicted octanol–water partition coefficient (Wildman–Crippen LogP) is 4.12. The first-order valence-electron chi connectivity index (χ1n) is 8.36. The zero-order valence-electron chi connectivity index (χ0n) is 14.8. The molecule has 1 amide bonds. The Balaban J connectivity index is 1.61. The summed E-state index contributed by atoms with van der Waals surface area (Å²) in [5.41, 5.74) is 1.72. The van der Waals surface area contributed by atoms with Gasteiger partial charge in [0.25, 0.3) is 5.91 Å². The fourth-order valence-electron chi connectivity index (χ4n) is 2.51. The highest BCUT2D eigenvalue weighted by Crippen LogP contribution is 2.27. The van der Waals surface area contributed by atoms with Crippen LogP contribution in [0.25, 0.3) is 5.69 Å². The molecule has 0 aliphatic rings. The molecular weight excluding hydrogens is 376 g/mol. The molecule has 0 unspecified atom stereocenters. The molecule has 0 radical (unpaired) electrons. The van der Waals surface area contributed by atoms with Crippen LogP contribution >= 0.6 is 0 Å². The van der Waals surface area contributed by atoms with Crippen molar-refractivity contribution in [3.05, 3.63) is 83.7 Å². The van der Waals surface area contributed by atoms with E-state index >= 15 is 0 Å². The number of ether oxygens (including phenoxy) is 1. The second-order valence-electron chi connectivity index (χ2n) is 6.03. The molecule has 0 spiro atoms. The van der Waals surface area contributed by atoms with Gasteiger partial charge in [-0.15, -0.1) is 0 Å². The van der Waals surface area contributed by atoms with Crippen LogP contribution in [0, 0.1) is 23.3 Å². The Kier molecular flexibility index (Phi) is 5.67. The Morgan fingerprint density at radius 2 is 1.61 bits per heavy atom. The summed E-state index contributed by atoms with van der Waals surface area (Å²) in [4.78, 5) is 12.1. The molecule has 146 valence electrons. The van der Waals surface area contributed by atoms with Crippen molar-refractivity contribution in [1.82, 2.24) is 9.88 Å². The second-order valence-corrected chi connectivity index (χ2v) is 6.03. The van der Waals surface area contributed by atoms with Crippen LogP contribution in [0.1, 0.15) is 12.5 Å². The Hall–Kier alpha value is -3.29. The number of hydrogen-bond acceptors (Lipinski definition) is 2. The number of carbonyl (C=O) groups excluding carboxylic acids is 1. The smallest absolute Gasteiger partial charge is 0.261 e. The van der Waals surface area contributed by atoms with Gasteiger partial charge >= 0.3 is 0 Å². The maximum atomic E-state index is 13.6. The largest absolute Gasteiger partial charge is 0.475 e. The van der Waals surface area contributed by atoms with E-state index in [1.807, 2.05) is 53.4 Å². The molecule has 0 aliphatic carbocycles. The predicted molar refractivity (Wildman–Crippen MR) is 94.0 cm³/mol. The molecule has 0 saturated heterocycles. The molecule has 1 aromatic heterocycles. The number of hydrogen-bond donors (Lipinski definition) is 1. The molecule has 1 heterocycles. The number of aromatic nitrogens is 1. The van der Waals surface area contributed by atoms with Crippen LogP contribution in [-0.2, 0) is 11.3 Å². The molecule has 8 heteroatoms. The number of carbonyl (C=O) groups is 1. The van der Waals surface area contributed by atoms with Gasteiger partial charge in [-0.2, -0.15) is 8.78 Å². The Morgan fingerprint density at radius 1 is 1.04 bits per heavy atom. The van der Waals surface area contributed by atoms with Crippen molar-refractivity contribution in [1.29, 1.82) is 0 Å². The van der Waals surface area contributed by atoms with E-state index in [4.69, 9.17) is 4.74 Å². The lowest BCUT2D eigenvalue weighted by Crippen LogP contribution is -2.36. The summed E-state index contributed by atoms with van der Waals surface area (Å²) >= 11 is 0. The van der Waals surface area contributed by atoms with Crippen LogP contribution < -0.4 is 10.1 Å². The number of nitrogens with one attached hydrogen (secondary N) is 1. The number of nitrogens with zero attached hydrogens (tertiary/aromatic N) is 1. The van der Waals surface area contributed by atoms with Crippen LogP contribution in [0.5, 0.6) is 5.75 Å².